The SMILES string of the molecule is C=C(CCOCOC)[C@@]12C[C@@]3(C)CC[C@H]1[C@@](O[Si](C)(C)C(C)(C)C)(C3)O2. The molecule has 0 aromatic heterocycles. The standard InChI is InChI=1S/C21H38O4Si/c1-16(10-12-23-15-22-6)20-13-19(5)11-9-17(20)21(14-19,24-20)25-26(7,8)18(2,3)4/h17H,1,9-15H2,2-8H3/t17-,19-,20+,21+/m1/s1. The molecule has 26 heavy (non-hydrogen) atoms. The van der Waals surface area contributed by atoms with Gasteiger partial charge in [-0.15, -0.1) is 0 Å². The van der Waals surface area contributed by atoms with E-state index >= 15 is 0 Å². The summed E-state index contributed by atoms with van der Waals surface area (Å²) in [6, 6.07) is 0. The largest absolute Gasteiger partial charge is 0.390 e. The van der Waals surface area contributed by atoms with E-state index in [2.05, 4.69) is 47.4 Å². The molecule has 1 aliphatic heterocycles. The highest BCUT2D eigenvalue weighted by molar-refractivity contribution is 6.74. The van der Waals surface area contributed by atoms with Gasteiger partial charge in [0.25, 0.3) is 0 Å². The molecule has 3 saturated carbocycles. The smallest absolute Gasteiger partial charge is 0.195 e. The van der Waals surface area contributed by atoms with Crippen LogP contribution in [-0.2, 0) is 18.6 Å². The Morgan fingerprint density at radius 2 is 1.96 bits per heavy atom. The molecule has 0 spiro atoms. The Morgan fingerprint density at radius 3 is 2.54 bits per heavy atom. The molecule has 4 bridgehead atoms. The maximum Gasteiger partial charge on any atom is 0.195 e. The maximum absolute atomic E-state index is 6.94. The number of rotatable bonds is 8. The molecule has 3 aliphatic carbocycles. The minimum Gasteiger partial charge on any atom is -0.390 e. The average Bonchev–Trinajstić information content (AvgIpc) is 2.48. The van der Waals surface area contributed by atoms with Crippen LogP contribution in [0.2, 0.25) is 18.1 Å². The lowest BCUT2D eigenvalue weighted by atomic mass is 9.47. The van der Waals surface area contributed by atoms with Gasteiger partial charge in [-0.3, -0.25) is 0 Å². The predicted octanol–water partition coefficient (Wildman–Crippen LogP) is 5.25. The Hall–Kier alpha value is -0.203. The summed E-state index contributed by atoms with van der Waals surface area (Å²) in [4.78, 5) is 0. The summed E-state index contributed by atoms with van der Waals surface area (Å²) in [6.45, 7) is 19.4. The molecule has 4 rings (SSSR count). The molecule has 0 aromatic carbocycles. The van der Waals surface area contributed by atoms with Crippen LogP contribution in [0.5, 0.6) is 0 Å². The van der Waals surface area contributed by atoms with Gasteiger partial charge in [0, 0.05) is 19.4 Å². The molecular formula is C21H38O4Si. The summed E-state index contributed by atoms with van der Waals surface area (Å²) in [7, 11) is -0.248. The Morgan fingerprint density at radius 1 is 1.27 bits per heavy atom. The van der Waals surface area contributed by atoms with Gasteiger partial charge in [-0.25, -0.2) is 0 Å². The van der Waals surface area contributed by atoms with Crippen LogP contribution in [0.4, 0.5) is 0 Å². The lowest BCUT2D eigenvalue weighted by Crippen LogP contribution is -2.80. The molecule has 4 aliphatic rings. The van der Waals surface area contributed by atoms with Crippen LogP contribution < -0.4 is 0 Å². The summed E-state index contributed by atoms with van der Waals surface area (Å²) < 4.78 is 24.1. The van der Waals surface area contributed by atoms with E-state index in [1.807, 2.05) is 0 Å². The second-order valence-corrected chi connectivity index (χ2v) is 15.3. The van der Waals surface area contributed by atoms with Crippen molar-refractivity contribution in [2.75, 3.05) is 20.5 Å². The second kappa shape index (κ2) is 6.41. The van der Waals surface area contributed by atoms with Gasteiger partial charge in [0.1, 0.15) is 12.4 Å². The lowest BCUT2D eigenvalue weighted by Gasteiger charge is -2.75. The number of hydrogen-bond donors (Lipinski definition) is 0. The first-order chi connectivity index (χ1) is 11.9. The Balaban J connectivity index is 1.77. The van der Waals surface area contributed by atoms with E-state index in [0.717, 1.165) is 19.3 Å². The van der Waals surface area contributed by atoms with Gasteiger partial charge in [0.05, 0.1) is 6.61 Å². The topological polar surface area (TPSA) is 36.9 Å². The summed E-state index contributed by atoms with van der Waals surface area (Å²) in [5.74, 6) is 0.0609. The first-order valence-electron chi connectivity index (χ1n) is 10.1. The molecule has 0 aromatic rings. The molecule has 1 heterocycles. The van der Waals surface area contributed by atoms with Gasteiger partial charge in [-0.05, 0) is 54.8 Å². The summed E-state index contributed by atoms with van der Waals surface area (Å²) in [5, 5.41) is 0.186. The van der Waals surface area contributed by atoms with Crippen LogP contribution in [0.15, 0.2) is 12.2 Å². The van der Waals surface area contributed by atoms with Gasteiger partial charge in [0.2, 0.25) is 0 Å². The highest BCUT2D eigenvalue weighted by Gasteiger charge is 2.76. The molecule has 4 atom stereocenters. The zero-order chi connectivity index (χ0) is 19.4. The monoisotopic (exact) mass is 382 g/mol. The van der Waals surface area contributed by atoms with Gasteiger partial charge in [-0.2, -0.15) is 0 Å². The molecule has 150 valence electrons. The van der Waals surface area contributed by atoms with Gasteiger partial charge in [-0.1, -0.05) is 34.3 Å². The van der Waals surface area contributed by atoms with E-state index in [9.17, 15) is 0 Å². The zero-order valence-electron chi connectivity index (χ0n) is 17.9. The van der Waals surface area contributed by atoms with Crippen molar-refractivity contribution in [3.8, 4) is 0 Å². The van der Waals surface area contributed by atoms with E-state index in [1.54, 1.807) is 7.11 Å². The van der Waals surface area contributed by atoms with E-state index in [1.165, 1.54) is 18.4 Å². The number of methoxy groups -OCH3 is 1. The number of hydrogen-bond acceptors (Lipinski definition) is 4. The summed E-state index contributed by atoms with van der Waals surface area (Å²) >= 11 is 0. The van der Waals surface area contributed by atoms with Crippen LogP contribution in [0.25, 0.3) is 0 Å². The fourth-order valence-electron chi connectivity index (χ4n) is 5.19. The highest BCUT2D eigenvalue weighted by atomic mass is 28.4. The van der Waals surface area contributed by atoms with Gasteiger partial charge in [0.15, 0.2) is 14.1 Å². The minimum absolute atomic E-state index is 0.186. The van der Waals surface area contributed by atoms with Crippen molar-refractivity contribution in [2.24, 2.45) is 11.3 Å². The Labute approximate surface area is 160 Å². The molecule has 5 heteroatoms. The predicted molar refractivity (Wildman–Crippen MR) is 106 cm³/mol. The van der Waals surface area contributed by atoms with Crippen LogP contribution in [0.3, 0.4) is 0 Å². The van der Waals surface area contributed by atoms with Crippen LogP contribution in [0, 0.1) is 11.3 Å². The van der Waals surface area contributed by atoms with Gasteiger partial charge >= 0.3 is 0 Å². The zero-order valence-corrected chi connectivity index (χ0v) is 18.9. The fourth-order valence-corrected chi connectivity index (χ4v) is 6.61. The maximum atomic E-state index is 6.94. The van der Waals surface area contributed by atoms with E-state index in [0.29, 0.717) is 24.7 Å². The molecule has 4 fully saturated rings. The molecule has 4 nitrogen and oxygen atoms in total. The normalized spacial score (nSPS) is 39.0. The van der Waals surface area contributed by atoms with Gasteiger partial charge < -0.3 is 18.6 Å². The van der Waals surface area contributed by atoms with Crippen molar-refractivity contribution in [3.05, 3.63) is 12.2 Å². The average molecular weight is 383 g/mol. The van der Waals surface area contributed by atoms with Crippen LogP contribution in [-0.4, -0.2) is 40.2 Å². The Bertz CT molecular complexity index is 569. The number of fused-ring (bicyclic) bond motifs is 1. The van der Waals surface area contributed by atoms with Crippen LogP contribution in [0.1, 0.15) is 59.8 Å². The third-order valence-electron chi connectivity index (χ3n) is 7.43. The van der Waals surface area contributed by atoms with E-state index in [-0.39, 0.29) is 16.4 Å². The third kappa shape index (κ3) is 3.14. The van der Waals surface area contributed by atoms with Crippen molar-refractivity contribution < 1.29 is 18.6 Å². The quantitative estimate of drug-likeness (QED) is 0.249. The molecule has 0 radical (unpaired) electrons. The summed E-state index contributed by atoms with van der Waals surface area (Å²) in [5.41, 5.74) is 1.27. The fraction of sp³-hybridized carbons (Fsp3) is 0.905. The summed E-state index contributed by atoms with van der Waals surface area (Å²) in [6.07, 6.45) is 5.40. The van der Waals surface area contributed by atoms with Crippen molar-refractivity contribution in [1.82, 2.24) is 0 Å². The number of ether oxygens (including phenoxy) is 3. The molecule has 0 unspecified atom stereocenters. The van der Waals surface area contributed by atoms with E-state index in [4.69, 9.17) is 18.6 Å². The lowest BCUT2D eigenvalue weighted by molar-refractivity contribution is -0.451. The molecule has 1 saturated heterocycles. The molecule has 0 amide bonds. The van der Waals surface area contributed by atoms with E-state index < -0.39 is 8.32 Å². The van der Waals surface area contributed by atoms with Crippen molar-refractivity contribution >= 4 is 8.32 Å². The Kier molecular flexibility index (Phi) is 5.06. The first kappa shape index (κ1) is 20.5. The highest BCUT2D eigenvalue weighted by Crippen LogP contribution is 2.72. The first-order valence-corrected chi connectivity index (χ1v) is 13.0. The second-order valence-electron chi connectivity index (χ2n) is 10.6. The van der Waals surface area contributed by atoms with Crippen molar-refractivity contribution in [3.63, 3.8) is 0 Å². The van der Waals surface area contributed by atoms with Crippen molar-refractivity contribution in [1.29, 1.82) is 0 Å². The molecule has 0 N–H and O–H groups in total. The minimum atomic E-state index is -1.90. The molecular weight excluding hydrogens is 344 g/mol. The van der Waals surface area contributed by atoms with Crippen molar-refractivity contribution in [2.45, 2.75) is 89.3 Å². The van der Waals surface area contributed by atoms with Crippen LogP contribution >= 0.6 is 0 Å². The third-order valence-corrected chi connectivity index (χ3v) is 11.9.